The zero-order valence-corrected chi connectivity index (χ0v) is 18.0. The molecule has 0 aromatic heterocycles. The number of amides is 1. The molecule has 3 atom stereocenters. The highest BCUT2D eigenvalue weighted by Crippen LogP contribution is 2.55. The van der Waals surface area contributed by atoms with E-state index in [1.165, 1.54) is 0 Å². The Kier molecular flexibility index (Phi) is 6.13. The van der Waals surface area contributed by atoms with E-state index in [9.17, 15) is 40.3 Å². The smallest absolute Gasteiger partial charge is 0.435 e. The van der Waals surface area contributed by atoms with Crippen LogP contribution in [0.2, 0.25) is 0 Å². The van der Waals surface area contributed by atoms with Crippen molar-refractivity contribution in [2.24, 2.45) is 23.7 Å². The van der Waals surface area contributed by atoms with Gasteiger partial charge in [-0.25, -0.2) is 4.39 Å². The Labute approximate surface area is 190 Å². The Bertz CT molecular complexity index is 954. The second kappa shape index (κ2) is 8.41. The number of nitrogens with one attached hydrogen (secondary N) is 1. The first-order valence-electron chi connectivity index (χ1n) is 11.2. The Morgan fingerprint density at radius 3 is 2.21 bits per heavy atom. The molecule has 0 saturated heterocycles. The van der Waals surface area contributed by atoms with Gasteiger partial charge in [-0.1, -0.05) is 18.2 Å². The van der Waals surface area contributed by atoms with Crippen molar-refractivity contribution >= 4 is 11.9 Å². The number of aliphatic carboxylic acids is 1. The zero-order valence-electron chi connectivity index (χ0n) is 18.0. The Hall–Kier alpha value is -2.33. The van der Waals surface area contributed by atoms with E-state index < -0.39 is 29.6 Å². The van der Waals surface area contributed by atoms with E-state index in [-0.39, 0.29) is 47.5 Å². The topological polar surface area (TPSA) is 66.4 Å². The largest absolute Gasteiger partial charge is 0.481 e. The molecule has 3 aliphatic rings. The Morgan fingerprint density at radius 2 is 1.62 bits per heavy atom. The zero-order chi connectivity index (χ0) is 25.1. The molecule has 2 fully saturated rings. The summed E-state index contributed by atoms with van der Waals surface area (Å²) in [4.78, 5) is 23.6. The highest BCUT2D eigenvalue weighted by Gasteiger charge is 2.73. The first kappa shape index (κ1) is 24.8. The number of halogens is 7. The maximum atomic E-state index is 14.5. The van der Waals surface area contributed by atoms with E-state index in [0.717, 1.165) is 6.07 Å². The van der Waals surface area contributed by atoms with Crippen LogP contribution in [0.4, 0.5) is 30.7 Å². The second-order valence-electron chi connectivity index (χ2n) is 9.68. The number of hydrogen-bond donors (Lipinski definition) is 2. The van der Waals surface area contributed by atoms with Gasteiger partial charge in [0.25, 0.3) is 0 Å². The van der Waals surface area contributed by atoms with Gasteiger partial charge in [0.2, 0.25) is 5.91 Å². The second-order valence-corrected chi connectivity index (χ2v) is 9.68. The third-order valence-electron chi connectivity index (χ3n) is 7.78. The van der Waals surface area contributed by atoms with E-state index in [1.54, 1.807) is 0 Å². The van der Waals surface area contributed by atoms with Crippen molar-refractivity contribution in [1.82, 2.24) is 5.32 Å². The van der Waals surface area contributed by atoms with Gasteiger partial charge in [0.1, 0.15) is 0 Å². The van der Waals surface area contributed by atoms with E-state index in [4.69, 9.17) is 5.11 Å². The molecule has 1 amide bonds. The van der Waals surface area contributed by atoms with Crippen LogP contribution in [0.5, 0.6) is 0 Å². The fourth-order valence-corrected chi connectivity index (χ4v) is 5.87. The van der Waals surface area contributed by atoms with Crippen molar-refractivity contribution < 1.29 is 45.4 Å². The van der Waals surface area contributed by atoms with Crippen molar-refractivity contribution in [1.29, 1.82) is 0 Å². The number of alkyl halides is 7. The molecule has 4 rings (SSSR count). The van der Waals surface area contributed by atoms with Gasteiger partial charge < -0.3 is 10.4 Å². The van der Waals surface area contributed by atoms with Gasteiger partial charge in [0.15, 0.2) is 0 Å². The number of carbonyl (C=O) groups is 2. The van der Waals surface area contributed by atoms with Crippen LogP contribution < -0.4 is 5.32 Å². The number of rotatable bonds is 5. The lowest BCUT2D eigenvalue weighted by Gasteiger charge is -2.35. The summed E-state index contributed by atoms with van der Waals surface area (Å²) in [6, 6.07) is 2.38. The van der Waals surface area contributed by atoms with E-state index in [1.807, 2.05) is 0 Å². The monoisotopic (exact) mass is 495 g/mol. The van der Waals surface area contributed by atoms with Gasteiger partial charge in [-0.15, -0.1) is 0 Å². The SMILES string of the molecule is O=C(O)C1CC(CNC(=O)[C@@H]2CC[C@H]3c4ccc(C(F)(C(F)(F)F)C(F)(F)F)cc4CC[C@@H]23)C1. The number of carboxylic acid groups (broad SMARTS) is 1. The summed E-state index contributed by atoms with van der Waals surface area (Å²) < 4.78 is 93.2. The summed E-state index contributed by atoms with van der Waals surface area (Å²) in [6.07, 6.45) is -9.65. The van der Waals surface area contributed by atoms with Crippen LogP contribution in [0, 0.1) is 23.7 Å². The van der Waals surface area contributed by atoms with E-state index in [2.05, 4.69) is 5.32 Å². The molecule has 34 heavy (non-hydrogen) atoms. The van der Waals surface area contributed by atoms with Gasteiger partial charge in [0, 0.05) is 18.0 Å². The van der Waals surface area contributed by atoms with E-state index >= 15 is 0 Å². The van der Waals surface area contributed by atoms with Gasteiger partial charge >= 0.3 is 24.0 Å². The molecule has 0 unspecified atom stereocenters. The van der Waals surface area contributed by atoms with Crippen molar-refractivity contribution in [2.75, 3.05) is 6.54 Å². The summed E-state index contributed by atoms with van der Waals surface area (Å²) in [5.41, 5.74) is -6.10. The Balaban J connectivity index is 1.46. The maximum absolute atomic E-state index is 14.5. The summed E-state index contributed by atoms with van der Waals surface area (Å²) >= 11 is 0. The highest BCUT2D eigenvalue weighted by atomic mass is 19.4. The van der Waals surface area contributed by atoms with Gasteiger partial charge in [-0.05, 0) is 67.4 Å². The summed E-state index contributed by atoms with van der Waals surface area (Å²) in [5.74, 6) is -1.92. The minimum Gasteiger partial charge on any atom is -0.481 e. The van der Waals surface area contributed by atoms with Gasteiger partial charge in [-0.3, -0.25) is 9.59 Å². The van der Waals surface area contributed by atoms with Crippen LogP contribution in [0.15, 0.2) is 18.2 Å². The highest BCUT2D eigenvalue weighted by molar-refractivity contribution is 5.79. The molecule has 0 bridgehead atoms. The predicted octanol–water partition coefficient (Wildman–Crippen LogP) is 5.26. The minimum absolute atomic E-state index is 0.105. The fourth-order valence-electron chi connectivity index (χ4n) is 5.87. The van der Waals surface area contributed by atoms with Crippen LogP contribution in [0.25, 0.3) is 0 Å². The lowest BCUT2D eigenvalue weighted by atomic mass is 9.73. The molecule has 0 aliphatic heterocycles. The number of carbonyl (C=O) groups excluding carboxylic acids is 1. The third kappa shape index (κ3) is 4.04. The van der Waals surface area contributed by atoms with Crippen molar-refractivity contribution in [3.8, 4) is 0 Å². The number of carboxylic acids is 1. The van der Waals surface area contributed by atoms with Crippen molar-refractivity contribution in [3.63, 3.8) is 0 Å². The fraction of sp³-hybridized carbons (Fsp3) is 0.652. The van der Waals surface area contributed by atoms with Crippen LogP contribution in [0.3, 0.4) is 0 Å². The molecular formula is C23H24F7NO3. The third-order valence-corrected chi connectivity index (χ3v) is 7.78. The summed E-state index contributed by atoms with van der Waals surface area (Å²) in [5, 5.41) is 11.8. The number of benzene rings is 1. The molecule has 188 valence electrons. The Morgan fingerprint density at radius 1 is 0.971 bits per heavy atom. The van der Waals surface area contributed by atoms with Crippen LogP contribution in [0.1, 0.15) is 54.7 Å². The predicted molar refractivity (Wildman–Crippen MR) is 105 cm³/mol. The molecule has 2 saturated carbocycles. The average Bonchev–Trinajstić information content (AvgIpc) is 3.14. The molecule has 2 N–H and O–H groups in total. The number of aryl methyl sites for hydroxylation is 1. The van der Waals surface area contributed by atoms with Gasteiger partial charge in [-0.2, -0.15) is 26.3 Å². The van der Waals surface area contributed by atoms with Crippen molar-refractivity contribution in [3.05, 3.63) is 34.9 Å². The maximum Gasteiger partial charge on any atom is 0.435 e. The molecule has 3 aliphatic carbocycles. The molecule has 0 heterocycles. The van der Waals surface area contributed by atoms with Crippen LogP contribution in [-0.4, -0.2) is 35.9 Å². The molecule has 0 spiro atoms. The van der Waals surface area contributed by atoms with Crippen LogP contribution >= 0.6 is 0 Å². The van der Waals surface area contributed by atoms with E-state index in [0.29, 0.717) is 56.3 Å². The molecule has 1 aromatic rings. The quantitative estimate of drug-likeness (QED) is 0.548. The van der Waals surface area contributed by atoms with Gasteiger partial charge in [0.05, 0.1) is 5.92 Å². The summed E-state index contributed by atoms with van der Waals surface area (Å²) in [6.45, 7) is 0.379. The molecule has 11 heteroatoms. The van der Waals surface area contributed by atoms with Crippen molar-refractivity contribution in [2.45, 2.75) is 62.5 Å². The van der Waals surface area contributed by atoms with Crippen LogP contribution in [-0.2, 0) is 21.7 Å². The molecule has 1 aromatic carbocycles. The molecular weight excluding hydrogens is 471 g/mol. The first-order chi connectivity index (χ1) is 15.7. The molecule has 0 radical (unpaired) electrons. The number of fused-ring (bicyclic) bond motifs is 3. The number of hydrogen-bond acceptors (Lipinski definition) is 2. The first-order valence-corrected chi connectivity index (χ1v) is 11.2. The molecule has 4 nitrogen and oxygen atoms in total. The average molecular weight is 495 g/mol. The minimum atomic E-state index is -6.15. The lowest BCUT2D eigenvalue weighted by Crippen LogP contribution is -2.50. The normalized spacial score (nSPS) is 29.1. The lowest BCUT2D eigenvalue weighted by molar-refractivity contribution is -0.348. The summed E-state index contributed by atoms with van der Waals surface area (Å²) in [7, 11) is 0. The standard InChI is InChI=1S/C23H24F7NO3/c24-21(22(25,26)27,23(28,29)30)14-2-4-15-12(9-14)1-3-17-16(15)5-6-18(17)19(32)31-10-11-7-13(8-11)20(33)34/h2,4,9,11,13,16-18H,1,3,5-8,10H2,(H,31,32)(H,33,34)/t11?,13?,16-,17+,18+/m0/s1.